The number of amides is 1. The van der Waals surface area contributed by atoms with E-state index in [1.165, 1.54) is 0 Å². The van der Waals surface area contributed by atoms with Gasteiger partial charge in [0.25, 0.3) is 11.7 Å². The van der Waals surface area contributed by atoms with Crippen LogP contribution < -0.4 is 4.90 Å². The van der Waals surface area contributed by atoms with E-state index < -0.39 is 5.79 Å². The Hall–Kier alpha value is -0.910. The van der Waals surface area contributed by atoms with Crippen LogP contribution in [-0.4, -0.2) is 31.0 Å². The second-order valence-corrected chi connectivity index (χ2v) is 5.12. The highest BCUT2D eigenvalue weighted by Crippen LogP contribution is 2.45. The first-order valence-corrected chi connectivity index (χ1v) is 7.17. The Kier molecular flexibility index (Phi) is 3.13. The zero-order valence-corrected chi connectivity index (χ0v) is 11.5. The lowest BCUT2D eigenvalue weighted by Gasteiger charge is -2.21. The molecule has 1 spiro atoms. The highest BCUT2D eigenvalue weighted by Gasteiger charge is 2.55. The molecule has 1 amide bonds. The van der Waals surface area contributed by atoms with Crippen LogP contribution in [0.5, 0.6) is 0 Å². The molecule has 1 aromatic rings. The maximum absolute atomic E-state index is 12.6. The van der Waals surface area contributed by atoms with Gasteiger partial charge in [-0.15, -0.1) is 0 Å². The zero-order chi connectivity index (χ0) is 12.6. The first kappa shape index (κ1) is 12.1. The molecule has 4 nitrogen and oxygen atoms in total. The van der Waals surface area contributed by atoms with Crippen LogP contribution in [0.25, 0.3) is 0 Å². The second-order valence-electron chi connectivity index (χ2n) is 4.33. The predicted octanol–water partition coefficient (Wildman–Crippen LogP) is 2.02. The first-order valence-electron chi connectivity index (χ1n) is 6.05. The van der Waals surface area contributed by atoms with Crippen molar-refractivity contribution in [2.24, 2.45) is 0 Å². The van der Waals surface area contributed by atoms with Crippen molar-refractivity contribution in [2.45, 2.75) is 12.2 Å². The summed E-state index contributed by atoms with van der Waals surface area (Å²) in [6.45, 7) is 1.61. The Morgan fingerprint density at radius 2 is 2.00 bits per heavy atom. The van der Waals surface area contributed by atoms with E-state index in [4.69, 9.17) is 9.47 Å². The lowest BCUT2D eigenvalue weighted by Crippen LogP contribution is -2.41. The molecule has 0 N–H and O–H groups in total. The average Bonchev–Trinajstić information content (AvgIpc) is 2.97. The number of carbonyl (C=O) groups is 1. The molecule has 1 fully saturated rings. The van der Waals surface area contributed by atoms with Gasteiger partial charge in [-0.1, -0.05) is 34.1 Å². The van der Waals surface area contributed by atoms with Crippen molar-refractivity contribution in [3.05, 3.63) is 29.8 Å². The van der Waals surface area contributed by atoms with E-state index in [1.54, 1.807) is 4.90 Å². The molecule has 2 aliphatic heterocycles. The molecule has 0 atom stereocenters. The quantitative estimate of drug-likeness (QED) is 0.802. The van der Waals surface area contributed by atoms with Crippen molar-refractivity contribution >= 4 is 27.5 Å². The molecule has 0 unspecified atom stereocenters. The molecule has 0 radical (unpaired) electrons. The number of para-hydroxylation sites is 1. The Morgan fingerprint density at radius 3 is 2.72 bits per heavy atom. The van der Waals surface area contributed by atoms with E-state index in [-0.39, 0.29) is 5.91 Å². The molecule has 3 rings (SSSR count). The summed E-state index contributed by atoms with van der Waals surface area (Å²) in [7, 11) is 0. The normalized spacial score (nSPS) is 20.7. The maximum Gasteiger partial charge on any atom is 0.292 e. The fraction of sp³-hybridized carbons (Fsp3) is 0.462. The monoisotopic (exact) mass is 311 g/mol. The van der Waals surface area contributed by atoms with Crippen LogP contribution in [0.3, 0.4) is 0 Å². The molecule has 96 valence electrons. The standard InChI is InChI=1S/C13H14BrNO3/c14-6-3-7-15-11-5-2-1-4-10(11)13(12(15)16)17-8-9-18-13/h1-2,4-5H,3,6-9H2. The highest BCUT2D eigenvalue weighted by molar-refractivity contribution is 9.09. The fourth-order valence-electron chi connectivity index (χ4n) is 2.52. The number of carbonyl (C=O) groups excluding carboxylic acids is 1. The summed E-state index contributed by atoms with van der Waals surface area (Å²) >= 11 is 3.39. The van der Waals surface area contributed by atoms with E-state index in [9.17, 15) is 4.79 Å². The number of hydrogen-bond acceptors (Lipinski definition) is 3. The van der Waals surface area contributed by atoms with Gasteiger partial charge in [-0.25, -0.2) is 0 Å². The van der Waals surface area contributed by atoms with Gasteiger partial charge in [-0.3, -0.25) is 4.79 Å². The number of benzene rings is 1. The van der Waals surface area contributed by atoms with Crippen molar-refractivity contribution in [1.82, 2.24) is 0 Å². The molecule has 0 aromatic heterocycles. The highest BCUT2D eigenvalue weighted by atomic mass is 79.9. The third-order valence-electron chi connectivity index (χ3n) is 3.29. The lowest BCUT2D eigenvalue weighted by molar-refractivity contribution is -0.180. The molecular weight excluding hydrogens is 298 g/mol. The SMILES string of the molecule is O=C1N(CCCBr)c2ccccc2C12OCCO2. The Bertz CT molecular complexity index is 471. The van der Waals surface area contributed by atoms with Gasteiger partial charge in [0.05, 0.1) is 18.9 Å². The van der Waals surface area contributed by atoms with E-state index in [0.29, 0.717) is 19.8 Å². The number of hydrogen-bond donors (Lipinski definition) is 0. The number of anilines is 1. The van der Waals surface area contributed by atoms with Gasteiger partial charge in [-0.05, 0) is 12.5 Å². The van der Waals surface area contributed by atoms with Crippen molar-refractivity contribution in [2.75, 3.05) is 30.0 Å². The summed E-state index contributed by atoms with van der Waals surface area (Å²) in [5, 5.41) is 0.869. The molecule has 2 aliphatic rings. The maximum atomic E-state index is 12.6. The summed E-state index contributed by atoms with van der Waals surface area (Å²) in [5.41, 5.74) is 1.74. The molecule has 0 aliphatic carbocycles. The van der Waals surface area contributed by atoms with Gasteiger partial charge in [0.2, 0.25) is 0 Å². The third-order valence-corrected chi connectivity index (χ3v) is 3.85. The van der Waals surface area contributed by atoms with Crippen molar-refractivity contribution in [3.63, 3.8) is 0 Å². The number of alkyl halides is 1. The Morgan fingerprint density at radius 1 is 1.28 bits per heavy atom. The number of fused-ring (bicyclic) bond motifs is 2. The zero-order valence-electron chi connectivity index (χ0n) is 9.89. The molecule has 5 heteroatoms. The minimum Gasteiger partial charge on any atom is -0.336 e. The first-order chi connectivity index (χ1) is 8.79. The third kappa shape index (κ3) is 1.61. The molecule has 1 aromatic carbocycles. The summed E-state index contributed by atoms with van der Waals surface area (Å²) in [5.74, 6) is -1.27. The smallest absolute Gasteiger partial charge is 0.292 e. The summed E-state index contributed by atoms with van der Waals surface area (Å²) in [6, 6.07) is 7.70. The van der Waals surface area contributed by atoms with Crippen LogP contribution >= 0.6 is 15.9 Å². The number of nitrogens with zero attached hydrogens (tertiary/aromatic N) is 1. The van der Waals surface area contributed by atoms with Gasteiger partial charge in [0.15, 0.2) is 0 Å². The number of rotatable bonds is 3. The van der Waals surface area contributed by atoms with Crippen molar-refractivity contribution in [3.8, 4) is 0 Å². The van der Waals surface area contributed by atoms with Gasteiger partial charge < -0.3 is 14.4 Å². The number of halogens is 1. The number of ether oxygens (including phenoxy) is 2. The fourth-order valence-corrected chi connectivity index (χ4v) is 2.77. The molecule has 1 saturated heterocycles. The van der Waals surface area contributed by atoms with Gasteiger partial charge >= 0.3 is 0 Å². The van der Waals surface area contributed by atoms with Crippen LogP contribution in [0.4, 0.5) is 5.69 Å². The Labute approximate surface area is 114 Å². The van der Waals surface area contributed by atoms with Gasteiger partial charge in [-0.2, -0.15) is 0 Å². The molecule has 18 heavy (non-hydrogen) atoms. The minimum absolute atomic E-state index is 0.0952. The van der Waals surface area contributed by atoms with E-state index in [0.717, 1.165) is 23.0 Å². The van der Waals surface area contributed by atoms with Crippen LogP contribution in [0.15, 0.2) is 24.3 Å². The van der Waals surface area contributed by atoms with E-state index in [2.05, 4.69) is 15.9 Å². The summed E-state index contributed by atoms with van der Waals surface area (Å²) in [4.78, 5) is 14.3. The Balaban J connectivity index is 2.02. The lowest BCUT2D eigenvalue weighted by atomic mass is 10.1. The van der Waals surface area contributed by atoms with Gasteiger partial charge in [0.1, 0.15) is 0 Å². The second kappa shape index (κ2) is 4.64. The van der Waals surface area contributed by atoms with E-state index >= 15 is 0 Å². The molecular formula is C13H14BrNO3. The van der Waals surface area contributed by atoms with Crippen molar-refractivity contribution < 1.29 is 14.3 Å². The van der Waals surface area contributed by atoms with Crippen LogP contribution in [0.2, 0.25) is 0 Å². The minimum atomic E-state index is -1.18. The predicted molar refractivity (Wildman–Crippen MR) is 70.8 cm³/mol. The van der Waals surface area contributed by atoms with Crippen LogP contribution in [-0.2, 0) is 20.1 Å². The summed E-state index contributed by atoms with van der Waals surface area (Å²) in [6.07, 6.45) is 0.899. The topological polar surface area (TPSA) is 38.8 Å². The summed E-state index contributed by atoms with van der Waals surface area (Å²) < 4.78 is 11.3. The van der Waals surface area contributed by atoms with Gasteiger partial charge in [0, 0.05) is 17.4 Å². The van der Waals surface area contributed by atoms with Crippen LogP contribution in [0.1, 0.15) is 12.0 Å². The molecule has 0 bridgehead atoms. The van der Waals surface area contributed by atoms with Crippen LogP contribution in [0, 0.1) is 0 Å². The molecule has 0 saturated carbocycles. The molecule has 2 heterocycles. The largest absolute Gasteiger partial charge is 0.336 e. The van der Waals surface area contributed by atoms with E-state index in [1.807, 2.05) is 24.3 Å². The van der Waals surface area contributed by atoms with Crippen molar-refractivity contribution in [1.29, 1.82) is 0 Å². The average molecular weight is 312 g/mol.